The van der Waals surface area contributed by atoms with Gasteiger partial charge in [0, 0.05) is 19.9 Å². The van der Waals surface area contributed by atoms with Crippen molar-refractivity contribution >= 4 is 0 Å². The van der Waals surface area contributed by atoms with Gasteiger partial charge >= 0.3 is 0 Å². The zero-order valence-corrected chi connectivity index (χ0v) is 11.3. The van der Waals surface area contributed by atoms with Crippen LogP contribution in [0.5, 0.6) is 0 Å². The lowest BCUT2D eigenvalue weighted by Gasteiger charge is -2.09. The lowest BCUT2D eigenvalue weighted by Crippen LogP contribution is -2.04. The van der Waals surface area contributed by atoms with E-state index in [-0.39, 0.29) is 6.10 Å². The van der Waals surface area contributed by atoms with Gasteiger partial charge < -0.3 is 13.8 Å². The van der Waals surface area contributed by atoms with Crippen LogP contribution in [0.4, 0.5) is 0 Å². The lowest BCUT2D eigenvalue weighted by atomic mass is 10.2. The second-order valence-electron chi connectivity index (χ2n) is 4.15. The molecule has 0 saturated heterocycles. The highest BCUT2D eigenvalue weighted by Crippen LogP contribution is 2.23. The molecule has 2 rings (SSSR count). The first-order valence-electron chi connectivity index (χ1n) is 6.21. The maximum absolute atomic E-state index is 8.87. The van der Waals surface area contributed by atoms with E-state index in [0.29, 0.717) is 23.9 Å². The number of ether oxygens (including phenoxy) is 1. The van der Waals surface area contributed by atoms with Crippen molar-refractivity contribution in [1.29, 1.82) is 5.26 Å². The van der Waals surface area contributed by atoms with E-state index in [0.717, 1.165) is 12.1 Å². The SMILES string of the molecule is CCOC(CC)c1noc(-c2cc(C#N)cn2C)n1. The van der Waals surface area contributed by atoms with E-state index in [1.165, 1.54) is 0 Å². The molecule has 0 bridgehead atoms. The van der Waals surface area contributed by atoms with Gasteiger partial charge in [0.15, 0.2) is 0 Å². The number of nitriles is 1. The molecule has 0 N–H and O–H groups in total. The fraction of sp³-hybridized carbons (Fsp3) is 0.462. The molecule has 0 saturated carbocycles. The van der Waals surface area contributed by atoms with E-state index in [2.05, 4.69) is 16.2 Å². The van der Waals surface area contributed by atoms with Crippen LogP contribution in [0.3, 0.4) is 0 Å². The van der Waals surface area contributed by atoms with E-state index in [1.54, 1.807) is 16.8 Å². The molecule has 1 atom stereocenters. The normalized spacial score (nSPS) is 12.3. The van der Waals surface area contributed by atoms with Gasteiger partial charge in [-0.25, -0.2) is 0 Å². The van der Waals surface area contributed by atoms with Gasteiger partial charge in [-0.15, -0.1) is 0 Å². The molecule has 2 aromatic rings. The van der Waals surface area contributed by atoms with Gasteiger partial charge in [0.25, 0.3) is 5.89 Å². The Morgan fingerprint density at radius 1 is 1.53 bits per heavy atom. The fourth-order valence-electron chi connectivity index (χ4n) is 1.88. The summed E-state index contributed by atoms with van der Waals surface area (Å²) in [6.07, 6.45) is 2.35. The minimum atomic E-state index is -0.154. The van der Waals surface area contributed by atoms with Crippen LogP contribution in [-0.2, 0) is 11.8 Å². The van der Waals surface area contributed by atoms with Crippen LogP contribution in [0.1, 0.15) is 37.8 Å². The number of aromatic nitrogens is 3. The summed E-state index contributed by atoms with van der Waals surface area (Å²) in [6, 6.07) is 3.80. The van der Waals surface area contributed by atoms with Crippen molar-refractivity contribution in [2.24, 2.45) is 7.05 Å². The summed E-state index contributed by atoms with van der Waals surface area (Å²) in [7, 11) is 1.83. The maximum atomic E-state index is 8.87. The molecule has 0 radical (unpaired) electrons. The van der Waals surface area contributed by atoms with Crippen molar-refractivity contribution in [3.63, 3.8) is 0 Å². The summed E-state index contributed by atoms with van der Waals surface area (Å²) in [4.78, 5) is 4.35. The Bertz CT molecular complexity index is 594. The van der Waals surface area contributed by atoms with Crippen molar-refractivity contribution in [1.82, 2.24) is 14.7 Å². The summed E-state index contributed by atoms with van der Waals surface area (Å²) in [5.41, 5.74) is 1.29. The van der Waals surface area contributed by atoms with Crippen molar-refractivity contribution in [3.8, 4) is 17.7 Å². The Morgan fingerprint density at radius 2 is 2.32 bits per heavy atom. The molecule has 0 aliphatic heterocycles. The molecule has 2 aromatic heterocycles. The van der Waals surface area contributed by atoms with Crippen LogP contribution in [0, 0.1) is 11.3 Å². The van der Waals surface area contributed by atoms with Crippen LogP contribution in [0.2, 0.25) is 0 Å². The summed E-state index contributed by atoms with van der Waals surface area (Å²) < 4.78 is 12.6. The molecule has 0 amide bonds. The van der Waals surface area contributed by atoms with Gasteiger partial charge in [-0.05, 0) is 19.4 Å². The minimum absolute atomic E-state index is 0.154. The molecule has 0 aromatic carbocycles. The molecule has 1 unspecified atom stereocenters. The first kappa shape index (κ1) is 13.3. The van der Waals surface area contributed by atoms with E-state index in [9.17, 15) is 0 Å². The quantitative estimate of drug-likeness (QED) is 0.825. The van der Waals surface area contributed by atoms with E-state index >= 15 is 0 Å². The van der Waals surface area contributed by atoms with E-state index < -0.39 is 0 Å². The van der Waals surface area contributed by atoms with Gasteiger partial charge in [0.2, 0.25) is 5.82 Å². The molecule has 19 heavy (non-hydrogen) atoms. The van der Waals surface area contributed by atoms with Crippen LogP contribution in [0.25, 0.3) is 11.6 Å². The second-order valence-corrected chi connectivity index (χ2v) is 4.15. The van der Waals surface area contributed by atoms with E-state index in [4.69, 9.17) is 14.5 Å². The van der Waals surface area contributed by atoms with Crippen LogP contribution in [0.15, 0.2) is 16.8 Å². The molecular formula is C13H16N4O2. The van der Waals surface area contributed by atoms with Gasteiger partial charge in [0.05, 0.1) is 5.56 Å². The predicted molar refractivity (Wildman–Crippen MR) is 68.1 cm³/mol. The predicted octanol–water partition coefficient (Wildman–Crippen LogP) is 2.43. The molecule has 0 aliphatic rings. The average Bonchev–Trinajstić information content (AvgIpc) is 3.02. The van der Waals surface area contributed by atoms with Gasteiger partial charge in [-0.2, -0.15) is 10.2 Å². The largest absolute Gasteiger partial charge is 0.370 e. The number of nitrogens with zero attached hydrogens (tertiary/aromatic N) is 4. The van der Waals surface area contributed by atoms with Gasteiger partial charge in [0.1, 0.15) is 17.9 Å². The van der Waals surface area contributed by atoms with Crippen molar-refractivity contribution in [2.45, 2.75) is 26.4 Å². The average molecular weight is 260 g/mol. The molecule has 0 aliphatic carbocycles. The molecule has 6 nitrogen and oxygen atoms in total. The zero-order chi connectivity index (χ0) is 13.8. The highest BCUT2D eigenvalue weighted by Gasteiger charge is 2.19. The Hall–Kier alpha value is -2.13. The smallest absolute Gasteiger partial charge is 0.274 e. The second kappa shape index (κ2) is 5.67. The summed E-state index contributed by atoms with van der Waals surface area (Å²) in [6.45, 7) is 4.54. The summed E-state index contributed by atoms with van der Waals surface area (Å²) in [5, 5.41) is 12.8. The molecule has 100 valence electrons. The highest BCUT2D eigenvalue weighted by atomic mass is 16.5. The molecule has 0 spiro atoms. The molecule has 6 heteroatoms. The Morgan fingerprint density at radius 3 is 2.89 bits per heavy atom. The first-order chi connectivity index (χ1) is 9.19. The number of hydrogen-bond donors (Lipinski definition) is 0. The first-order valence-corrected chi connectivity index (χ1v) is 6.21. The van der Waals surface area contributed by atoms with E-state index in [1.807, 2.05) is 20.9 Å². The van der Waals surface area contributed by atoms with Gasteiger partial charge in [-0.1, -0.05) is 12.1 Å². The van der Waals surface area contributed by atoms with Crippen LogP contribution in [-0.4, -0.2) is 21.3 Å². The third-order valence-electron chi connectivity index (χ3n) is 2.82. The third kappa shape index (κ3) is 2.66. The minimum Gasteiger partial charge on any atom is -0.370 e. The standard InChI is InChI=1S/C13H16N4O2/c1-4-11(18-5-2)12-15-13(19-16-12)10-6-9(7-14)8-17(10)3/h6,8,11H,4-5H2,1-3H3. The molecule has 0 fully saturated rings. The Balaban J connectivity index is 2.30. The summed E-state index contributed by atoms with van der Waals surface area (Å²) >= 11 is 0. The summed E-state index contributed by atoms with van der Waals surface area (Å²) in [5.74, 6) is 0.941. The van der Waals surface area contributed by atoms with Gasteiger partial charge in [-0.3, -0.25) is 0 Å². The topological polar surface area (TPSA) is 76.9 Å². The third-order valence-corrected chi connectivity index (χ3v) is 2.82. The van der Waals surface area contributed by atoms with Crippen molar-refractivity contribution in [2.75, 3.05) is 6.61 Å². The fourth-order valence-corrected chi connectivity index (χ4v) is 1.88. The highest BCUT2D eigenvalue weighted by molar-refractivity contribution is 5.52. The Labute approximate surface area is 111 Å². The number of rotatable bonds is 5. The van der Waals surface area contributed by atoms with Crippen molar-refractivity contribution in [3.05, 3.63) is 23.7 Å². The Kier molecular flexibility index (Phi) is 3.97. The monoisotopic (exact) mass is 260 g/mol. The van der Waals surface area contributed by atoms with Crippen LogP contribution >= 0.6 is 0 Å². The molecule has 2 heterocycles. The molecular weight excluding hydrogens is 244 g/mol. The van der Waals surface area contributed by atoms with Crippen molar-refractivity contribution < 1.29 is 9.26 Å². The lowest BCUT2D eigenvalue weighted by molar-refractivity contribution is 0.0518. The van der Waals surface area contributed by atoms with Crippen LogP contribution < -0.4 is 0 Å². The number of aryl methyl sites for hydroxylation is 1. The number of hydrogen-bond acceptors (Lipinski definition) is 5. The maximum Gasteiger partial charge on any atom is 0.274 e. The zero-order valence-electron chi connectivity index (χ0n) is 11.3.